The molecule has 1 aromatic carbocycles. The summed E-state index contributed by atoms with van der Waals surface area (Å²) in [6.45, 7) is 0. The van der Waals surface area contributed by atoms with E-state index in [9.17, 15) is 0 Å². The van der Waals surface area contributed by atoms with Crippen LogP contribution in [-0.2, 0) is 13.5 Å². The van der Waals surface area contributed by atoms with Crippen molar-refractivity contribution in [1.82, 2.24) is 9.55 Å². The quantitative estimate of drug-likeness (QED) is 0.865. The number of ether oxygens (including phenoxy) is 1. The monoisotopic (exact) mass is 280 g/mol. The molecule has 2 aromatic rings. The zero-order chi connectivity index (χ0) is 11.5. The molecule has 0 saturated heterocycles. The average molecular weight is 281 g/mol. The van der Waals surface area contributed by atoms with Crippen LogP contribution < -0.4 is 4.74 Å². The summed E-state index contributed by atoms with van der Waals surface area (Å²) in [4.78, 5) is 4.20. The predicted octanol–water partition coefficient (Wildman–Crippen LogP) is 2.78. The van der Waals surface area contributed by atoms with E-state index < -0.39 is 0 Å². The first-order chi connectivity index (χ1) is 7.70. The molecule has 0 aliphatic heterocycles. The molecule has 0 bridgehead atoms. The lowest BCUT2D eigenvalue weighted by Crippen LogP contribution is -1.97. The van der Waals surface area contributed by atoms with Gasteiger partial charge in [-0.3, -0.25) is 0 Å². The summed E-state index contributed by atoms with van der Waals surface area (Å²) < 4.78 is 8.12. The molecule has 4 heteroatoms. The standard InChI is InChI=1S/C12H13BrN2O/c1-15-8-14-12(13)11(15)7-9-4-3-5-10(6-9)16-2/h3-6,8H,7H2,1-2H3. The first-order valence-electron chi connectivity index (χ1n) is 4.99. The topological polar surface area (TPSA) is 27.1 Å². The van der Waals surface area contributed by atoms with Crippen LogP contribution in [0.4, 0.5) is 0 Å². The minimum Gasteiger partial charge on any atom is -0.497 e. The van der Waals surface area contributed by atoms with Crippen molar-refractivity contribution in [3.63, 3.8) is 0 Å². The molecular formula is C12H13BrN2O. The number of nitrogens with zero attached hydrogens (tertiary/aromatic N) is 2. The zero-order valence-electron chi connectivity index (χ0n) is 9.27. The second-order valence-corrected chi connectivity index (χ2v) is 4.37. The van der Waals surface area contributed by atoms with Crippen LogP contribution in [0.5, 0.6) is 5.75 Å². The first-order valence-corrected chi connectivity index (χ1v) is 5.78. The highest BCUT2D eigenvalue weighted by Crippen LogP contribution is 2.20. The third-order valence-corrected chi connectivity index (χ3v) is 3.18. The van der Waals surface area contributed by atoms with Gasteiger partial charge in [-0.25, -0.2) is 4.98 Å². The molecule has 3 nitrogen and oxygen atoms in total. The fourth-order valence-electron chi connectivity index (χ4n) is 1.60. The van der Waals surface area contributed by atoms with Crippen LogP contribution >= 0.6 is 15.9 Å². The Bertz CT molecular complexity index is 474. The van der Waals surface area contributed by atoms with Gasteiger partial charge in [0, 0.05) is 13.5 Å². The Labute approximate surface area is 103 Å². The molecule has 0 N–H and O–H groups in total. The Hall–Kier alpha value is -1.29. The summed E-state index contributed by atoms with van der Waals surface area (Å²) in [6, 6.07) is 8.07. The van der Waals surface area contributed by atoms with E-state index in [4.69, 9.17) is 4.74 Å². The summed E-state index contributed by atoms with van der Waals surface area (Å²) in [7, 11) is 3.67. The highest BCUT2D eigenvalue weighted by Gasteiger charge is 2.07. The molecule has 2 rings (SSSR count). The van der Waals surface area contributed by atoms with E-state index in [2.05, 4.69) is 27.0 Å². The van der Waals surface area contributed by atoms with Gasteiger partial charge in [-0.1, -0.05) is 12.1 Å². The van der Waals surface area contributed by atoms with E-state index in [1.165, 1.54) is 5.56 Å². The van der Waals surface area contributed by atoms with E-state index >= 15 is 0 Å². The number of aromatic nitrogens is 2. The van der Waals surface area contributed by atoms with E-state index in [1.54, 1.807) is 13.4 Å². The molecule has 0 aliphatic rings. The van der Waals surface area contributed by atoms with Gasteiger partial charge in [0.05, 0.1) is 19.1 Å². The van der Waals surface area contributed by atoms with E-state index in [-0.39, 0.29) is 0 Å². The first kappa shape index (κ1) is 11.2. The number of hydrogen-bond acceptors (Lipinski definition) is 2. The van der Waals surface area contributed by atoms with E-state index in [0.29, 0.717) is 0 Å². The molecule has 0 spiro atoms. The van der Waals surface area contributed by atoms with Crippen LogP contribution in [0.15, 0.2) is 35.2 Å². The summed E-state index contributed by atoms with van der Waals surface area (Å²) in [5, 5.41) is 0. The smallest absolute Gasteiger partial charge is 0.127 e. The van der Waals surface area contributed by atoms with Crippen LogP contribution in [0.1, 0.15) is 11.3 Å². The van der Waals surface area contributed by atoms with Crippen LogP contribution in [0.3, 0.4) is 0 Å². The second-order valence-electron chi connectivity index (χ2n) is 3.62. The van der Waals surface area contributed by atoms with E-state index in [1.807, 2.05) is 29.8 Å². The van der Waals surface area contributed by atoms with Crippen LogP contribution in [-0.4, -0.2) is 16.7 Å². The Morgan fingerprint density at radius 3 is 2.88 bits per heavy atom. The van der Waals surface area contributed by atoms with Crippen molar-refractivity contribution in [3.8, 4) is 5.75 Å². The second kappa shape index (κ2) is 4.70. The Morgan fingerprint density at radius 2 is 2.25 bits per heavy atom. The molecule has 0 amide bonds. The highest BCUT2D eigenvalue weighted by atomic mass is 79.9. The highest BCUT2D eigenvalue weighted by molar-refractivity contribution is 9.10. The van der Waals surface area contributed by atoms with E-state index in [0.717, 1.165) is 22.5 Å². The van der Waals surface area contributed by atoms with Gasteiger partial charge in [-0.05, 0) is 33.6 Å². The maximum absolute atomic E-state index is 5.20. The van der Waals surface area contributed by atoms with Gasteiger partial charge < -0.3 is 9.30 Å². The van der Waals surface area contributed by atoms with Crippen molar-refractivity contribution >= 4 is 15.9 Å². The molecule has 0 aliphatic carbocycles. The normalized spacial score (nSPS) is 10.4. The fraction of sp³-hybridized carbons (Fsp3) is 0.250. The average Bonchev–Trinajstić information content (AvgIpc) is 2.61. The lowest BCUT2D eigenvalue weighted by atomic mass is 10.1. The number of rotatable bonds is 3. The molecule has 1 aromatic heterocycles. The maximum atomic E-state index is 5.20. The molecule has 1 heterocycles. The maximum Gasteiger partial charge on any atom is 0.127 e. The molecule has 0 unspecified atom stereocenters. The Morgan fingerprint density at radius 1 is 1.44 bits per heavy atom. The zero-order valence-corrected chi connectivity index (χ0v) is 10.9. The fourth-order valence-corrected chi connectivity index (χ4v) is 2.11. The summed E-state index contributed by atoms with van der Waals surface area (Å²) >= 11 is 3.45. The lowest BCUT2D eigenvalue weighted by Gasteiger charge is -2.05. The minimum atomic E-state index is 0.842. The molecule has 16 heavy (non-hydrogen) atoms. The third kappa shape index (κ3) is 2.27. The summed E-state index contributed by atoms with van der Waals surface area (Å²) in [6.07, 6.45) is 2.65. The molecule has 0 saturated carbocycles. The van der Waals surface area contributed by atoms with Gasteiger partial charge in [0.2, 0.25) is 0 Å². The number of imidazole rings is 1. The molecule has 0 atom stereocenters. The lowest BCUT2D eigenvalue weighted by molar-refractivity contribution is 0.414. The summed E-state index contributed by atoms with van der Waals surface area (Å²) in [5.41, 5.74) is 2.37. The van der Waals surface area contributed by atoms with Gasteiger partial charge in [0.25, 0.3) is 0 Å². The minimum absolute atomic E-state index is 0.842. The van der Waals surface area contributed by atoms with Crippen LogP contribution in [0.2, 0.25) is 0 Å². The van der Waals surface area contributed by atoms with Gasteiger partial charge >= 0.3 is 0 Å². The molecule has 84 valence electrons. The van der Waals surface area contributed by atoms with Crippen molar-refractivity contribution in [1.29, 1.82) is 0 Å². The number of halogens is 1. The van der Waals surface area contributed by atoms with Crippen molar-refractivity contribution in [3.05, 3.63) is 46.5 Å². The number of hydrogen-bond donors (Lipinski definition) is 0. The van der Waals surface area contributed by atoms with Gasteiger partial charge in [-0.15, -0.1) is 0 Å². The van der Waals surface area contributed by atoms with Crippen LogP contribution in [0, 0.1) is 0 Å². The number of aryl methyl sites for hydroxylation is 1. The van der Waals surface area contributed by atoms with Gasteiger partial charge in [0.1, 0.15) is 10.4 Å². The van der Waals surface area contributed by atoms with Crippen molar-refractivity contribution < 1.29 is 4.74 Å². The number of benzene rings is 1. The third-order valence-electron chi connectivity index (χ3n) is 2.51. The summed E-state index contributed by atoms with van der Waals surface area (Å²) in [5.74, 6) is 0.885. The molecular weight excluding hydrogens is 268 g/mol. The number of methoxy groups -OCH3 is 1. The van der Waals surface area contributed by atoms with Gasteiger partial charge in [-0.2, -0.15) is 0 Å². The molecule has 0 fully saturated rings. The van der Waals surface area contributed by atoms with Crippen molar-refractivity contribution in [2.45, 2.75) is 6.42 Å². The molecule has 0 radical (unpaired) electrons. The Kier molecular flexibility index (Phi) is 3.29. The van der Waals surface area contributed by atoms with Crippen molar-refractivity contribution in [2.75, 3.05) is 7.11 Å². The SMILES string of the molecule is COc1cccc(Cc2c(Br)ncn2C)c1. The van der Waals surface area contributed by atoms with Crippen LogP contribution in [0.25, 0.3) is 0 Å². The largest absolute Gasteiger partial charge is 0.497 e. The Balaban J connectivity index is 2.27. The van der Waals surface area contributed by atoms with Gasteiger partial charge in [0.15, 0.2) is 0 Å². The predicted molar refractivity (Wildman–Crippen MR) is 66.7 cm³/mol. The van der Waals surface area contributed by atoms with Crippen molar-refractivity contribution in [2.24, 2.45) is 7.05 Å².